The summed E-state index contributed by atoms with van der Waals surface area (Å²) in [6.45, 7) is 2.95. The lowest BCUT2D eigenvalue weighted by molar-refractivity contribution is 0.593. The van der Waals surface area contributed by atoms with Crippen LogP contribution < -0.4 is 5.73 Å². The molecule has 1 rings (SSSR count). The number of benzene rings is 1. The van der Waals surface area contributed by atoms with Gasteiger partial charge in [0.2, 0.25) is 0 Å². The third-order valence-electron chi connectivity index (χ3n) is 1.90. The van der Waals surface area contributed by atoms with Crippen LogP contribution in [0.2, 0.25) is 0 Å². The molecule has 0 amide bonds. The van der Waals surface area contributed by atoms with E-state index in [9.17, 15) is 0 Å². The smallest absolute Gasteiger partial charge is 0.0130 e. The highest BCUT2D eigenvalue weighted by Gasteiger charge is 2.00. The van der Waals surface area contributed by atoms with E-state index in [1.54, 1.807) is 0 Å². The summed E-state index contributed by atoms with van der Waals surface area (Å²) in [4.78, 5) is 0. The van der Waals surface area contributed by atoms with Crippen LogP contribution in [0.25, 0.3) is 0 Å². The predicted octanol–water partition coefficient (Wildman–Crippen LogP) is 2.43. The molecule has 1 aromatic rings. The van der Waals surface area contributed by atoms with E-state index < -0.39 is 0 Å². The van der Waals surface area contributed by atoms with Crippen LogP contribution in [0.5, 0.6) is 0 Å². The van der Waals surface area contributed by atoms with Crippen molar-refractivity contribution in [1.82, 2.24) is 0 Å². The van der Waals surface area contributed by atoms with Crippen molar-refractivity contribution in [2.45, 2.75) is 13.3 Å². The van der Waals surface area contributed by atoms with E-state index in [-0.39, 0.29) is 0 Å². The van der Waals surface area contributed by atoms with Gasteiger partial charge in [-0.1, -0.05) is 19.1 Å². The Labute approximate surface area is 87.5 Å². The maximum atomic E-state index is 5.55. The summed E-state index contributed by atoms with van der Waals surface area (Å²) in [5, 5.41) is 0. The molecule has 2 heteroatoms. The topological polar surface area (TPSA) is 26.0 Å². The Kier molecular flexibility index (Phi) is 4.01. The number of hydrogen-bond acceptors (Lipinski definition) is 1. The van der Waals surface area contributed by atoms with Gasteiger partial charge in [0, 0.05) is 3.57 Å². The van der Waals surface area contributed by atoms with Gasteiger partial charge >= 0.3 is 0 Å². The monoisotopic (exact) mass is 275 g/mol. The van der Waals surface area contributed by atoms with Gasteiger partial charge in [0.05, 0.1) is 0 Å². The highest BCUT2D eigenvalue weighted by atomic mass is 127. The van der Waals surface area contributed by atoms with Gasteiger partial charge in [0.1, 0.15) is 0 Å². The van der Waals surface area contributed by atoms with E-state index >= 15 is 0 Å². The quantitative estimate of drug-likeness (QED) is 0.842. The zero-order valence-electron chi connectivity index (χ0n) is 7.26. The fourth-order valence-electron chi connectivity index (χ4n) is 1.11. The molecule has 0 aliphatic rings. The summed E-state index contributed by atoms with van der Waals surface area (Å²) >= 11 is 2.31. The maximum Gasteiger partial charge on any atom is 0.0130 e. The van der Waals surface area contributed by atoms with Gasteiger partial charge in [-0.25, -0.2) is 0 Å². The molecule has 0 bridgehead atoms. The van der Waals surface area contributed by atoms with E-state index in [0.717, 1.165) is 13.0 Å². The van der Waals surface area contributed by atoms with E-state index in [1.165, 1.54) is 9.13 Å². The molecular weight excluding hydrogens is 261 g/mol. The first-order valence-corrected chi connectivity index (χ1v) is 5.24. The van der Waals surface area contributed by atoms with Crippen LogP contribution in [0, 0.1) is 9.49 Å². The zero-order valence-corrected chi connectivity index (χ0v) is 9.41. The van der Waals surface area contributed by atoms with Crippen LogP contribution in [0.3, 0.4) is 0 Å². The average Bonchev–Trinajstić information content (AvgIpc) is 2.09. The lowest BCUT2D eigenvalue weighted by Crippen LogP contribution is -2.12. The van der Waals surface area contributed by atoms with Crippen molar-refractivity contribution >= 4 is 22.6 Å². The molecule has 0 spiro atoms. The van der Waals surface area contributed by atoms with Gasteiger partial charge in [-0.3, -0.25) is 0 Å². The SMILES string of the molecule is CC(CN)Cc1ccc(I)cc1. The molecule has 0 radical (unpaired) electrons. The molecule has 1 atom stereocenters. The Bertz CT molecular complexity index is 230. The van der Waals surface area contributed by atoms with Crippen molar-refractivity contribution < 1.29 is 0 Å². The Balaban J connectivity index is 2.58. The first kappa shape index (κ1) is 9.99. The third-order valence-corrected chi connectivity index (χ3v) is 2.62. The molecule has 66 valence electrons. The minimum Gasteiger partial charge on any atom is -0.330 e. The van der Waals surface area contributed by atoms with Gasteiger partial charge in [-0.2, -0.15) is 0 Å². The second-order valence-corrected chi connectivity index (χ2v) is 4.42. The molecule has 1 aromatic carbocycles. The first-order valence-electron chi connectivity index (χ1n) is 4.17. The second kappa shape index (κ2) is 4.82. The Morgan fingerprint density at radius 2 is 1.92 bits per heavy atom. The maximum absolute atomic E-state index is 5.55. The van der Waals surface area contributed by atoms with Crippen molar-refractivity contribution in [3.05, 3.63) is 33.4 Å². The molecule has 0 saturated carbocycles. The van der Waals surface area contributed by atoms with E-state index in [1.807, 2.05) is 0 Å². The highest BCUT2D eigenvalue weighted by Crippen LogP contribution is 2.10. The van der Waals surface area contributed by atoms with E-state index in [4.69, 9.17) is 5.73 Å². The Hall–Kier alpha value is -0.0900. The summed E-state index contributed by atoms with van der Waals surface area (Å²) in [6.07, 6.45) is 1.09. The highest BCUT2D eigenvalue weighted by molar-refractivity contribution is 14.1. The summed E-state index contributed by atoms with van der Waals surface area (Å²) < 4.78 is 1.29. The van der Waals surface area contributed by atoms with Crippen molar-refractivity contribution in [3.8, 4) is 0 Å². The summed E-state index contributed by atoms with van der Waals surface area (Å²) in [7, 11) is 0. The largest absolute Gasteiger partial charge is 0.330 e. The van der Waals surface area contributed by atoms with Crippen LogP contribution in [-0.4, -0.2) is 6.54 Å². The molecule has 2 N–H and O–H groups in total. The molecule has 0 aliphatic heterocycles. The summed E-state index contributed by atoms with van der Waals surface area (Å²) in [5.74, 6) is 0.588. The lowest BCUT2D eigenvalue weighted by Gasteiger charge is -2.07. The average molecular weight is 275 g/mol. The lowest BCUT2D eigenvalue weighted by atomic mass is 10.0. The minimum atomic E-state index is 0.588. The van der Waals surface area contributed by atoms with Crippen molar-refractivity contribution in [2.75, 3.05) is 6.54 Å². The first-order chi connectivity index (χ1) is 5.72. The molecule has 1 nitrogen and oxygen atoms in total. The Morgan fingerprint density at radius 1 is 1.33 bits per heavy atom. The predicted molar refractivity (Wildman–Crippen MR) is 61.1 cm³/mol. The zero-order chi connectivity index (χ0) is 8.97. The Morgan fingerprint density at radius 3 is 2.42 bits per heavy atom. The van der Waals surface area contributed by atoms with Gasteiger partial charge in [-0.15, -0.1) is 0 Å². The van der Waals surface area contributed by atoms with Gasteiger partial charge < -0.3 is 5.73 Å². The molecule has 0 aromatic heterocycles. The molecular formula is C10H14IN. The number of hydrogen-bond donors (Lipinski definition) is 1. The van der Waals surface area contributed by atoms with Gasteiger partial charge in [0.25, 0.3) is 0 Å². The van der Waals surface area contributed by atoms with Gasteiger partial charge in [-0.05, 0) is 59.2 Å². The molecule has 1 unspecified atom stereocenters. The number of nitrogens with two attached hydrogens (primary N) is 1. The summed E-state index contributed by atoms with van der Waals surface area (Å²) in [6, 6.07) is 8.63. The van der Waals surface area contributed by atoms with Crippen molar-refractivity contribution in [1.29, 1.82) is 0 Å². The standard InChI is InChI=1S/C10H14IN/c1-8(7-12)6-9-2-4-10(11)5-3-9/h2-5,8H,6-7,12H2,1H3. The second-order valence-electron chi connectivity index (χ2n) is 3.17. The van der Waals surface area contributed by atoms with Crippen LogP contribution in [-0.2, 0) is 6.42 Å². The molecule has 0 aliphatic carbocycles. The van der Waals surface area contributed by atoms with Gasteiger partial charge in [0.15, 0.2) is 0 Å². The van der Waals surface area contributed by atoms with E-state index in [0.29, 0.717) is 5.92 Å². The van der Waals surface area contributed by atoms with Crippen LogP contribution in [0.4, 0.5) is 0 Å². The molecule has 0 saturated heterocycles. The normalized spacial score (nSPS) is 12.9. The van der Waals surface area contributed by atoms with Crippen LogP contribution in [0.15, 0.2) is 24.3 Å². The van der Waals surface area contributed by atoms with E-state index in [2.05, 4.69) is 53.8 Å². The van der Waals surface area contributed by atoms with Crippen LogP contribution in [0.1, 0.15) is 12.5 Å². The van der Waals surface area contributed by atoms with Crippen molar-refractivity contribution in [3.63, 3.8) is 0 Å². The van der Waals surface area contributed by atoms with Crippen LogP contribution >= 0.6 is 22.6 Å². The molecule has 0 fully saturated rings. The number of halogens is 1. The summed E-state index contributed by atoms with van der Waals surface area (Å²) in [5.41, 5.74) is 6.93. The minimum absolute atomic E-state index is 0.588. The van der Waals surface area contributed by atoms with Crippen molar-refractivity contribution in [2.24, 2.45) is 11.7 Å². The number of rotatable bonds is 3. The third kappa shape index (κ3) is 3.11. The fourth-order valence-corrected chi connectivity index (χ4v) is 1.47. The molecule has 0 heterocycles. The molecule has 12 heavy (non-hydrogen) atoms. The fraction of sp³-hybridized carbons (Fsp3) is 0.400.